The summed E-state index contributed by atoms with van der Waals surface area (Å²) >= 11 is 0. The number of likely N-dealkylation sites (N-methyl/N-ethyl adjacent to an activating group) is 1. The van der Waals surface area contributed by atoms with Gasteiger partial charge in [0.25, 0.3) is 5.91 Å². The van der Waals surface area contributed by atoms with Crippen molar-refractivity contribution in [2.45, 2.75) is 6.42 Å². The highest BCUT2D eigenvalue weighted by Gasteiger charge is 2.13. The Kier molecular flexibility index (Phi) is 5.31. The number of hydrogen-bond donors (Lipinski definition) is 2. The molecule has 1 aliphatic rings. The van der Waals surface area contributed by atoms with Crippen molar-refractivity contribution in [1.29, 1.82) is 0 Å². The van der Waals surface area contributed by atoms with Crippen molar-refractivity contribution in [3.05, 3.63) is 34.2 Å². The zero-order chi connectivity index (χ0) is 14.4. The Hall–Kier alpha value is -1.66. The van der Waals surface area contributed by atoms with E-state index < -0.39 is 0 Å². The molecule has 0 saturated carbocycles. The zero-order valence-electron chi connectivity index (χ0n) is 11.9. The summed E-state index contributed by atoms with van der Waals surface area (Å²) < 4.78 is 0. The third-order valence-corrected chi connectivity index (χ3v) is 3.55. The normalized spacial score (nSPS) is 17.1. The van der Waals surface area contributed by atoms with E-state index in [1.54, 1.807) is 12.1 Å². The van der Waals surface area contributed by atoms with Crippen LogP contribution in [0, 0.1) is 0 Å². The summed E-state index contributed by atoms with van der Waals surface area (Å²) in [6, 6.07) is 4.58. The van der Waals surface area contributed by atoms with Crippen molar-refractivity contribution in [2.24, 2.45) is 0 Å². The average Bonchev–Trinajstić information content (AvgIpc) is 2.45. The predicted molar refractivity (Wildman–Crippen MR) is 77.9 cm³/mol. The molecule has 0 radical (unpaired) electrons. The van der Waals surface area contributed by atoms with Gasteiger partial charge in [0.15, 0.2) is 0 Å². The highest BCUT2D eigenvalue weighted by Crippen LogP contribution is 1.99. The number of amides is 1. The molecule has 1 aliphatic heterocycles. The van der Waals surface area contributed by atoms with Gasteiger partial charge in [-0.1, -0.05) is 6.07 Å². The fourth-order valence-corrected chi connectivity index (χ4v) is 2.25. The first-order valence-corrected chi connectivity index (χ1v) is 7.03. The van der Waals surface area contributed by atoms with Gasteiger partial charge in [-0.3, -0.25) is 9.59 Å². The Morgan fingerprint density at radius 2 is 2.05 bits per heavy atom. The molecule has 110 valence electrons. The first kappa shape index (κ1) is 14.7. The molecular weight excluding hydrogens is 256 g/mol. The monoisotopic (exact) mass is 278 g/mol. The summed E-state index contributed by atoms with van der Waals surface area (Å²) in [6.45, 7) is 6.03. The Balaban J connectivity index is 1.66. The number of nitrogens with one attached hydrogen (secondary N) is 2. The van der Waals surface area contributed by atoms with Gasteiger partial charge in [-0.05, 0) is 26.1 Å². The molecule has 2 rings (SSSR count). The van der Waals surface area contributed by atoms with E-state index in [0.717, 1.165) is 39.1 Å². The first-order valence-electron chi connectivity index (χ1n) is 7.03. The summed E-state index contributed by atoms with van der Waals surface area (Å²) in [7, 11) is 2.14. The maximum atomic E-state index is 11.8. The van der Waals surface area contributed by atoms with E-state index in [2.05, 4.69) is 27.1 Å². The fraction of sp³-hybridized carbons (Fsp3) is 0.571. The largest absolute Gasteiger partial charge is 0.351 e. The quantitative estimate of drug-likeness (QED) is 0.728. The summed E-state index contributed by atoms with van der Waals surface area (Å²) in [5, 5.41) is 2.83. The van der Waals surface area contributed by atoms with Crippen LogP contribution in [0.5, 0.6) is 0 Å². The van der Waals surface area contributed by atoms with E-state index in [1.807, 2.05) is 0 Å². The molecule has 0 unspecified atom stereocenters. The van der Waals surface area contributed by atoms with E-state index >= 15 is 0 Å². The number of pyridine rings is 1. The lowest BCUT2D eigenvalue weighted by Gasteiger charge is -2.32. The molecule has 6 heteroatoms. The fourth-order valence-electron chi connectivity index (χ4n) is 2.25. The molecule has 1 aromatic rings. The standard InChI is InChI=1S/C14H22N4O2/c1-17-8-10-18(11-9-17)7-3-6-15-14(20)12-4-2-5-13(19)16-12/h2,4-5H,3,6-11H2,1H3,(H,15,20)(H,16,19). The Bertz CT molecular complexity index is 492. The SMILES string of the molecule is CN1CCN(CCCNC(=O)c2cccc(=O)[nH]2)CC1. The van der Waals surface area contributed by atoms with E-state index in [1.165, 1.54) is 6.07 Å². The molecule has 1 fully saturated rings. The van der Waals surface area contributed by atoms with Crippen molar-refractivity contribution in [3.8, 4) is 0 Å². The minimum absolute atomic E-state index is 0.221. The first-order chi connectivity index (χ1) is 9.65. The second kappa shape index (κ2) is 7.21. The van der Waals surface area contributed by atoms with Gasteiger partial charge in [-0.2, -0.15) is 0 Å². The summed E-state index contributed by atoms with van der Waals surface area (Å²) in [4.78, 5) is 30.2. The molecule has 1 saturated heterocycles. The smallest absolute Gasteiger partial charge is 0.267 e. The number of carbonyl (C=O) groups is 1. The number of H-pyrrole nitrogens is 1. The number of aromatic amines is 1. The molecule has 0 bridgehead atoms. The molecule has 2 N–H and O–H groups in total. The molecule has 0 atom stereocenters. The van der Waals surface area contributed by atoms with Crippen molar-refractivity contribution in [3.63, 3.8) is 0 Å². The van der Waals surface area contributed by atoms with Crippen LogP contribution in [-0.2, 0) is 0 Å². The topological polar surface area (TPSA) is 68.4 Å². The summed E-state index contributed by atoms with van der Waals surface area (Å²) in [5.74, 6) is -0.221. The number of nitrogens with zero attached hydrogens (tertiary/aromatic N) is 2. The highest BCUT2D eigenvalue weighted by molar-refractivity contribution is 5.92. The second-order valence-electron chi connectivity index (χ2n) is 5.18. The molecule has 0 aromatic carbocycles. The molecule has 0 aliphatic carbocycles. The number of carbonyl (C=O) groups excluding carboxylic acids is 1. The Morgan fingerprint density at radius 1 is 1.30 bits per heavy atom. The minimum Gasteiger partial charge on any atom is -0.351 e. The molecule has 6 nitrogen and oxygen atoms in total. The lowest BCUT2D eigenvalue weighted by atomic mass is 10.3. The van der Waals surface area contributed by atoms with Crippen LogP contribution in [0.25, 0.3) is 0 Å². The van der Waals surface area contributed by atoms with Crippen molar-refractivity contribution in [2.75, 3.05) is 46.3 Å². The van der Waals surface area contributed by atoms with E-state index in [9.17, 15) is 9.59 Å². The van der Waals surface area contributed by atoms with Crippen LogP contribution in [0.15, 0.2) is 23.0 Å². The third-order valence-electron chi connectivity index (χ3n) is 3.55. The van der Waals surface area contributed by atoms with Crippen molar-refractivity contribution >= 4 is 5.91 Å². The van der Waals surface area contributed by atoms with Crippen LogP contribution < -0.4 is 10.9 Å². The van der Waals surface area contributed by atoms with Crippen LogP contribution in [0.2, 0.25) is 0 Å². The van der Waals surface area contributed by atoms with E-state index in [0.29, 0.717) is 12.2 Å². The van der Waals surface area contributed by atoms with Gasteiger partial charge < -0.3 is 20.1 Å². The summed E-state index contributed by atoms with van der Waals surface area (Å²) in [6.07, 6.45) is 0.923. The van der Waals surface area contributed by atoms with Gasteiger partial charge in [-0.15, -0.1) is 0 Å². The van der Waals surface area contributed by atoms with Crippen LogP contribution >= 0.6 is 0 Å². The molecule has 2 heterocycles. The predicted octanol–water partition coefficient (Wildman–Crippen LogP) is -0.258. The minimum atomic E-state index is -0.255. The molecule has 1 aromatic heterocycles. The van der Waals surface area contributed by atoms with Gasteiger partial charge in [0.05, 0.1) is 0 Å². The average molecular weight is 278 g/mol. The molecule has 20 heavy (non-hydrogen) atoms. The number of piperazine rings is 1. The number of aromatic nitrogens is 1. The van der Waals surface area contributed by atoms with E-state index in [-0.39, 0.29) is 11.5 Å². The van der Waals surface area contributed by atoms with Gasteiger partial charge >= 0.3 is 0 Å². The van der Waals surface area contributed by atoms with Crippen LogP contribution in [0.3, 0.4) is 0 Å². The van der Waals surface area contributed by atoms with Gasteiger partial charge in [0.2, 0.25) is 5.56 Å². The zero-order valence-corrected chi connectivity index (χ0v) is 11.9. The molecule has 0 spiro atoms. The lowest BCUT2D eigenvalue weighted by molar-refractivity contribution is 0.0944. The maximum absolute atomic E-state index is 11.8. The van der Waals surface area contributed by atoms with E-state index in [4.69, 9.17) is 0 Å². The maximum Gasteiger partial charge on any atom is 0.267 e. The Morgan fingerprint density at radius 3 is 2.75 bits per heavy atom. The Labute approximate surface area is 118 Å². The lowest BCUT2D eigenvalue weighted by Crippen LogP contribution is -2.45. The second-order valence-corrected chi connectivity index (χ2v) is 5.18. The van der Waals surface area contributed by atoms with Gasteiger partial charge in [0.1, 0.15) is 5.69 Å². The highest BCUT2D eigenvalue weighted by atomic mass is 16.2. The number of rotatable bonds is 5. The number of hydrogen-bond acceptors (Lipinski definition) is 4. The molecular formula is C14H22N4O2. The van der Waals surface area contributed by atoms with Crippen LogP contribution in [-0.4, -0.2) is 67.0 Å². The van der Waals surface area contributed by atoms with Gasteiger partial charge in [-0.25, -0.2) is 0 Å². The van der Waals surface area contributed by atoms with Crippen molar-refractivity contribution in [1.82, 2.24) is 20.1 Å². The van der Waals surface area contributed by atoms with Crippen LogP contribution in [0.1, 0.15) is 16.9 Å². The van der Waals surface area contributed by atoms with Crippen molar-refractivity contribution < 1.29 is 4.79 Å². The van der Waals surface area contributed by atoms with Gasteiger partial charge in [0, 0.05) is 38.8 Å². The third kappa shape index (κ3) is 4.47. The summed E-state index contributed by atoms with van der Waals surface area (Å²) in [5.41, 5.74) is 0.0622. The molecule has 1 amide bonds. The van der Waals surface area contributed by atoms with Crippen LogP contribution in [0.4, 0.5) is 0 Å².